The van der Waals surface area contributed by atoms with Gasteiger partial charge in [0.1, 0.15) is 4.99 Å². The average Bonchev–Trinajstić information content (AvgIpc) is 2.70. The molecule has 0 amide bonds. The molecule has 0 fully saturated rings. The summed E-state index contributed by atoms with van der Waals surface area (Å²) in [6, 6.07) is 14.8. The summed E-state index contributed by atoms with van der Waals surface area (Å²) >= 11 is 8.69. The first-order valence-electron chi connectivity index (χ1n) is 7.06. The van der Waals surface area contributed by atoms with Gasteiger partial charge in [0.05, 0.1) is 5.69 Å². The summed E-state index contributed by atoms with van der Waals surface area (Å²) in [5.41, 5.74) is 10.7. The molecule has 0 bridgehead atoms. The number of anilines is 1. The second kappa shape index (κ2) is 6.16. The molecule has 2 aromatic carbocycles. The standard InChI is InChI=1S/C17H17BrN2S/c18-15-11-14(17(19)21)5-6-16(15)20-9-7-12-3-1-2-4-13(12)8-10-20/h1-6,11H,7-10H2,(H2,19,21). The number of benzene rings is 2. The Labute approximate surface area is 139 Å². The van der Waals surface area contributed by atoms with Gasteiger partial charge in [0, 0.05) is 23.1 Å². The Morgan fingerprint density at radius 2 is 1.67 bits per heavy atom. The summed E-state index contributed by atoms with van der Waals surface area (Å²) in [6.45, 7) is 2.06. The van der Waals surface area contributed by atoms with Crippen LogP contribution in [-0.2, 0) is 12.8 Å². The van der Waals surface area contributed by atoms with Crippen molar-refractivity contribution in [1.29, 1.82) is 0 Å². The fraction of sp³-hybridized carbons (Fsp3) is 0.235. The van der Waals surface area contributed by atoms with E-state index < -0.39 is 0 Å². The minimum Gasteiger partial charge on any atom is -0.389 e. The molecule has 1 heterocycles. The highest BCUT2D eigenvalue weighted by Gasteiger charge is 2.16. The SMILES string of the molecule is NC(=S)c1ccc(N2CCc3ccccc3CC2)c(Br)c1. The van der Waals surface area contributed by atoms with Gasteiger partial charge in [0.15, 0.2) is 0 Å². The van der Waals surface area contributed by atoms with Gasteiger partial charge in [-0.25, -0.2) is 0 Å². The van der Waals surface area contributed by atoms with Crippen LogP contribution in [0.1, 0.15) is 16.7 Å². The molecular formula is C17H17BrN2S. The van der Waals surface area contributed by atoms with Crippen molar-refractivity contribution in [2.75, 3.05) is 18.0 Å². The summed E-state index contributed by atoms with van der Waals surface area (Å²) in [4.78, 5) is 2.86. The minimum atomic E-state index is 0.436. The van der Waals surface area contributed by atoms with E-state index in [1.54, 1.807) is 0 Å². The normalized spacial score (nSPS) is 14.4. The summed E-state index contributed by atoms with van der Waals surface area (Å²) in [5.74, 6) is 0. The third-order valence-corrected chi connectivity index (χ3v) is 4.86. The van der Waals surface area contributed by atoms with E-state index in [9.17, 15) is 0 Å². The Morgan fingerprint density at radius 1 is 1.05 bits per heavy atom. The molecule has 2 nitrogen and oxygen atoms in total. The molecule has 108 valence electrons. The molecule has 4 heteroatoms. The van der Waals surface area contributed by atoms with Crippen molar-refractivity contribution in [2.24, 2.45) is 5.73 Å². The van der Waals surface area contributed by atoms with E-state index in [2.05, 4.69) is 51.2 Å². The van der Waals surface area contributed by atoms with Crippen molar-refractivity contribution in [1.82, 2.24) is 0 Å². The van der Waals surface area contributed by atoms with Crippen molar-refractivity contribution in [2.45, 2.75) is 12.8 Å². The van der Waals surface area contributed by atoms with Gasteiger partial charge < -0.3 is 10.6 Å². The number of fused-ring (bicyclic) bond motifs is 1. The predicted molar refractivity (Wildman–Crippen MR) is 96.1 cm³/mol. The van der Waals surface area contributed by atoms with E-state index in [1.165, 1.54) is 16.8 Å². The van der Waals surface area contributed by atoms with Crippen LogP contribution in [-0.4, -0.2) is 18.1 Å². The quantitative estimate of drug-likeness (QED) is 0.828. The number of rotatable bonds is 2. The van der Waals surface area contributed by atoms with Crippen LogP contribution in [0.2, 0.25) is 0 Å². The third kappa shape index (κ3) is 3.11. The fourth-order valence-electron chi connectivity index (χ4n) is 2.83. The maximum Gasteiger partial charge on any atom is 0.104 e. The zero-order chi connectivity index (χ0) is 14.8. The molecule has 3 rings (SSSR count). The lowest BCUT2D eigenvalue weighted by Crippen LogP contribution is -2.26. The summed E-state index contributed by atoms with van der Waals surface area (Å²) in [6.07, 6.45) is 2.17. The number of nitrogens with two attached hydrogens (primary N) is 1. The molecule has 0 aliphatic carbocycles. The Hall–Kier alpha value is -1.39. The minimum absolute atomic E-state index is 0.436. The molecule has 1 aliphatic rings. The number of nitrogens with zero attached hydrogens (tertiary/aromatic N) is 1. The molecule has 21 heavy (non-hydrogen) atoms. The molecule has 0 saturated carbocycles. The number of halogens is 1. The Balaban J connectivity index is 1.84. The second-order valence-corrected chi connectivity index (χ2v) is 6.58. The third-order valence-electron chi connectivity index (χ3n) is 3.99. The Kier molecular flexibility index (Phi) is 4.27. The van der Waals surface area contributed by atoms with Crippen LogP contribution in [0.3, 0.4) is 0 Å². The van der Waals surface area contributed by atoms with Crippen molar-refractivity contribution >= 4 is 38.8 Å². The Bertz CT molecular complexity index is 657. The predicted octanol–water partition coefficient (Wildman–Crippen LogP) is 3.69. The lowest BCUT2D eigenvalue weighted by atomic mass is 10.0. The number of hydrogen-bond donors (Lipinski definition) is 1. The molecule has 0 spiro atoms. The highest BCUT2D eigenvalue weighted by Crippen LogP contribution is 2.29. The van der Waals surface area contributed by atoms with E-state index in [1.807, 2.05) is 12.1 Å². The van der Waals surface area contributed by atoms with Crippen LogP contribution >= 0.6 is 28.1 Å². The maximum absolute atomic E-state index is 5.69. The zero-order valence-corrected chi connectivity index (χ0v) is 14.1. The van der Waals surface area contributed by atoms with Crippen LogP contribution in [0, 0.1) is 0 Å². The monoisotopic (exact) mass is 360 g/mol. The molecule has 0 radical (unpaired) electrons. The molecule has 0 atom stereocenters. The van der Waals surface area contributed by atoms with E-state index in [4.69, 9.17) is 18.0 Å². The van der Waals surface area contributed by atoms with Gasteiger partial charge in [-0.2, -0.15) is 0 Å². The lowest BCUT2D eigenvalue weighted by Gasteiger charge is -2.24. The van der Waals surface area contributed by atoms with Gasteiger partial charge in [0.2, 0.25) is 0 Å². The maximum atomic E-state index is 5.69. The molecule has 0 aromatic heterocycles. The Morgan fingerprint density at radius 3 is 2.19 bits per heavy atom. The van der Waals surface area contributed by atoms with Gasteiger partial charge in [-0.15, -0.1) is 0 Å². The summed E-state index contributed by atoms with van der Waals surface area (Å²) in [7, 11) is 0. The molecule has 2 aromatic rings. The van der Waals surface area contributed by atoms with Crippen LogP contribution in [0.15, 0.2) is 46.9 Å². The first kappa shape index (κ1) is 14.5. The van der Waals surface area contributed by atoms with E-state index >= 15 is 0 Å². The topological polar surface area (TPSA) is 29.3 Å². The van der Waals surface area contributed by atoms with Gasteiger partial charge in [-0.1, -0.05) is 36.5 Å². The smallest absolute Gasteiger partial charge is 0.104 e. The first-order valence-corrected chi connectivity index (χ1v) is 8.26. The van der Waals surface area contributed by atoms with Crippen molar-refractivity contribution in [3.8, 4) is 0 Å². The van der Waals surface area contributed by atoms with Crippen LogP contribution in [0.25, 0.3) is 0 Å². The largest absolute Gasteiger partial charge is 0.389 e. The number of thiocarbonyl (C=S) groups is 1. The molecule has 1 aliphatic heterocycles. The van der Waals surface area contributed by atoms with Gasteiger partial charge in [-0.05, 0) is 58.1 Å². The summed E-state index contributed by atoms with van der Waals surface area (Å²) < 4.78 is 1.05. The summed E-state index contributed by atoms with van der Waals surface area (Å²) in [5, 5.41) is 0. The highest BCUT2D eigenvalue weighted by atomic mass is 79.9. The van der Waals surface area contributed by atoms with E-state index in [-0.39, 0.29) is 0 Å². The molecular weight excluding hydrogens is 344 g/mol. The average molecular weight is 361 g/mol. The van der Waals surface area contributed by atoms with Crippen molar-refractivity contribution in [3.63, 3.8) is 0 Å². The number of hydrogen-bond acceptors (Lipinski definition) is 2. The van der Waals surface area contributed by atoms with Crippen LogP contribution in [0.5, 0.6) is 0 Å². The molecule has 0 saturated heterocycles. The van der Waals surface area contributed by atoms with Gasteiger partial charge >= 0.3 is 0 Å². The second-order valence-electron chi connectivity index (χ2n) is 5.29. The van der Waals surface area contributed by atoms with E-state index in [0.29, 0.717) is 4.99 Å². The van der Waals surface area contributed by atoms with Crippen LogP contribution < -0.4 is 10.6 Å². The molecule has 0 unspecified atom stereocenters. The van der Waals surface area contributed by atoms with Crippen molar-refractivity contribution in [3.05, 3.63) is 63.6 Å². The highest BCUT2D eigenvalue weighted by molar-refractivity contribution is 9.10. The van der Waals surface area contributed by atoms with Gasteiger partial charge in [0.25, 0.3) is 0 Å². The zero-order valence-electron chi connectivity index (χ0n) is 11.7. The van der Waals surface area contributed by atoms with E-state index in [0.717, 1.165) is 36.0 Å². The van der Waals surface area contributed by atoms with Crippen LogP contribution in [0.4, 0.5) is 5.69 Å². The van der Waals surface area contributed by atoms with Gasteiger partial charge in [-0.3, -0.25) is 0 Å². The fourth-order valence-corrected chi connectivity index (χ4v) is 3.58. The first-order chi connectivity index (χ1) is 10.1. The van der Waals surface area contributed by atoms with Crippen molar-refractivity contribution < 1.29 is 0 Å². The lowest BCUT2D eigenvalue weighted by molar-refractivity contribution is 0.804. The molecule has 2 N–H and O–H groups in total.